The van der Waals surface area contributed by atoms with Crippen LogP contribution in [0.1, 0.15) is 12.5 Å². The van der Waals surface area contributed by atoms with Gasteiger partial charge in [-0.1, -0.05) is 12.1 Å². The average Bonchev–Trinajstić information content (AvgIpc) is 3.21. The Bertz CT molecular complexity index is 1110. The maximum atomic E-state index is 14.3. The number of aromatic nitrogens is 1. The molecule has 3 rings (SSSR count). The molecule has 162 valence electrons. The molecule has 0 aliphatic heterocycles. The zero-order valence-corrected chi connectivity index (χ0v) is 18.0. The SMILES string of the molecule is CCOc1ccc(F)c(CCNC(=S)Nc2nc(-c3cccc([N+](=O)[O-])c3)cs2)c1F. The van der Waals surface area contributed by atoms with E-state index in [1.54, 1.807) is 24.4 Å². The minimum absolute atomic E-state index is 0.0102. The first-order chi connectivity index (χ1) is 14.9. The molecule has 0 atom stereocenters. The van der Waals surface area contributed by atoms with Crippen LogP contribution >= 0.6 is 23.6 Å². The van der Waals surface area contributed by atoms with Gasteiger partial charge in [0.05, 0.1) is 17.2 Å². The van der Waals surface area contributed by atoms with Crippen molar-refractivity contribution in [2.24, 2.45) is 0 Å². The fraction of sp³-hybridized carbons (Fsp3) is 0.200. The number of thiazole rings is 1. The lowest BCUT2D eigenvalue weighted by Gasteiger charge is -2.12. The Kier molecular flexibility index (Phi) is 7.42. The number of anilines is 1. The number of thiocarbonyl (C=S) groups is 1. The lowest BCUT2D eigenvalue weighted by atomic mass is 10.1. The van der Waals surface area contributed by atoms with Crippen molar-refractivity contribution in [3.05, 3.63) is 69.1 Å². The Balaban J connectivity index is 1.57. The summed E-state index contributed by atoms with van der Waals surface area (Å²) in [5.74, 6) is -1.36. The van der Waals surface area contributed by atoms with Gasteiger partial charge in [-0.3, -0.25) is 10.1 Å². The summed E-state index contributed by atoms with van der Waals surface area (Å²) in [5.41, 5.74) is 1.07. The van der Waals surface area contributed by atoms with Crippen molar-refractivity contribution in [2.75, 3.05) is 18.5 Å². The second-order valence-electron chi connectivity index (χ2n) is 6.25. The largest absolute Gasteiger partial charge is 0.491 e. The predicted molar refractivity (Wildman–Crippen MR) is 120 cm³/mol. The summed E-state index contributed by atoms with van der Waals surface area (Å²) in [6.07, 6.45) is 0.0667. The highest BCUT2D eigenvalue weighted by molar-refractivity contribution is 7.80. The Morgan fingerprint density at radius 2 is 2.13 bits per heavy atom. The van der Waals surface area contributed by atoms with E-state index < -0.39 is 16.6 Å². The number of nitro groups is 1. The maximum absolute atomic E-state index is 14.3. The van der Waals surface area contributed by atoms with Crippen LogP contribution in [0.25, 0.3) is 11.3 Å². The molecule has 0 aliphatic rings. The first-order valence-corrected chi connectivity index (χ1v) is 10.5. The maximum Gasteiger partial charge on any atom is 0.270 e. The summed E-state index contributed by atoms with van der Waals surface area (Å²) in [7, 11) is 0. The molecule has 7 nitrogen and oxygen atoms in total. The van der Waals surface area contributed by atoms with Crippen LogP contribution in [0, 0.1) is 21.7 Å². The van der Waals surface area contributed by atoms with Crippen LogP contribution in [0.2, 0.25) is 0 Å². The van der Waals surface area contributed by atoms with Crippen LogP contribution in [0.3, 0.4) is 0 Å². The lowest BCUT2D eigenvalue weighted by molar-refractivity contribution is -0.384. The minimum Gasteiger partial charge on any atom is -0.491 e. The molecule has 11 heteroatoms. The molecule has 2 N–H and O–H groups in total. The molecule has 0 bridgehead atoms. The second-order valence-corrected chi connectivity index (χ2v) is 7.51. The van der Waals surface area contributed by atoms with Crippen LogP contribution in [0.15, 0.2) is 41.8 Å². The van der Waals surface area contributed by atoms with Crippen LogP contribution < -0.4 is 15.4 Å². The van der Waals surface area contributed by atoms with Crippen LogP contribution in [0.5, 0.6) is 5.75 Å². The summed E-state index contributed by atoms with van der Waals surface area (Å²) < 4.78 is 33.5. The van der Waals surface area contributed by atoms with E-state index in [1.807, 2.05) is 0 Å². The molecule has 0 fully saturated rings. The van der Waals surface area contributed by atoms with Gasteiger partial charge in [0.25, 0.3) is 5.69 Å². The van der Waals surface area contributed by atoms with Gasteiger partial charge in [0.2, 0.25) is 0 Å². The monoisotopic (exact) mass is 464 g/mol. The van der Waals surface area contributed by atoms with Crippen molar-refractivity contribution >= 4 is 39.5 Å². The highest BCUT2D eigenvalue weighted by Crippen LogP contribution is 2.27. The van der Waals surface area contributed by atoms with Gasteiger partial charge in [-0.2, -0.15) is 0 Å². The van der Waals surface area contributed by atoms with E-state index in [1.165, 1.54) is 35.6 Å². The standard InChI is InChI=1S/C20H18F2N4O3S2/c1-2-29-17-7-6-15(21)14(18(17)22)8-9-23-19(30)25-20-24-16(11-31-20)12-4-3-5-13(10-12)26(27)28/h3-7,10-11H,2,8-9H2,1H3,(H2,23,24,25,30). The average molecular weight is 465 g/mol. The van der Waals surface area contributed by atoms with Crippen molar-refractivity contribution in [1.82, 2.24) is 10.3 Å². The van der Waals surface area contributed by atoms with Gasteiger partial charge in [-0.25, -0.2) is 13.8 Å². The number of rotatable bonds is 8. The highest BCUT2D eigenvalue weighted by Gasteiger charge is 2.15. The summed E-state index contributed by atoms with van der Waals surface area (Å²) in [5, 5.41) is 19.2. The summed E-state index contributed by atoms with van der Waals surface area (Å²) in [6.45, 7) is 2.19. The number of benzene rings is 2. The van der Waals surface area contributed by atoms with E-state index in [2.05, 4.69) is 15.6 Å². The third-order valence-electron chi connectivity index (χ3n) is 4.19. The first-order valence-electron chi connectivity index (χ1n) is 9.24. The van der Waals surface area contributed by atoms with Crippen molar-refractivity contribution in [2.45, 2.75) is 13.3 Å². The van der Waals surface area contributed by atoms with E-state index in [-0.39, 0.29) is 41.7 Å². The van der Waals surface area contributed by atoms with Crippen molar-refractivity contribution in [3.8, 4) is 17.0 Å². The van der Waals surface area contributed by atoms with E-state index >= 15 is 0 Å². The number of non-ortho nitro benzene ring substituents is 1. The summed E-state index contributed by atoms with van der Waals surface area (Å²) in [6, 6.07) is 8.59. The van der Waals surface area contributed by atoms with Gasteiger partial charge in [0, 0.05) is 35.2 Å². The lowest BCUT2D eigenvalue weighted by Crippen LogP contribution is -2.30. The van der Waals surface area contributed by atoms with Crippen LogP contribution in [-0.2, 0) is 6.42 Å². The molecular weight excluding hydrogens is 446 g/mol. The fourth-order valence-corrected chi connectivity index (χ4v) is 3.74. The molecule has 0 spiro atoms. The number of nitrogens with zero attached hydrogens (tertiary/aromatic N) is 2. The third kappa shape index (κ3) is 5.70. The molecule has 0 saturated carbocycles. The minimum atomic E-state index is -0.718. The molecule has 0 amide bonds. The van der Waals surface area contributed by atoms with Crippen molar-refractivity contribution in [1.29, 1.82) is 0 Å². The number of ether oxygens (including phenoxy) is 1. The molecular formula is C20H18F2N4O3S2. The quantitative estimate of drug-likeness (QED) is 0.278. The van der Waals surface area contributed by atoms with Crippen LogP contribution in [0.4, 0.5) is 19.6 Å². The van der Waals surface area contributed by atoms with E-state index in [0.717, 1.165) is 0 Å². The summed E-state index contributed by atoms with van der Waals surface area (Å²) >= 11 is 6.48. The van der Waals surface area contributed by atoms with E-state index in [9.17, 15) is 18.9 Å². The summed E-state index contributed by atoms with van der Waals surface area (Å²) in [4.78, 5) is 14.8. The van der Waals surface area contributed by atoms with Gasteiger partial charge >= 0.3 is 0 Å². The molecule has 0 aliphatic carbocycles. The Labute approximate surface area is 186 Å². The molecule has 0 unspecified atom stereocenters. The number of halogens is 2. The van der Waals surface area contributed by atoms with Gasteiger partial charge in [0.15, 0.2) is 21.8 Å². The molecule has 31 heavy (non-hydrogen) atoms. The number of hydrogen-bond acceptors (Lipinski definition) is 6. The Morgan fingerprint density at radius 3 is 2.87 bits per heavy atom. The highest BCUT2D eigenvalue weighted by atomic mass is 32.1. The number of nitrogens with one attached hydrogen (secondary N) is 2. The van der Waals surface area contributed by atoms with Crippen LogP contribution in [-0.4, -0.2) is 28.2 Å². The van der Waals surface area contributed by atoms with Gasteiger partial charge in [-0.15, -0.1) is 11.3 Å². The second kappa shape index (κ2) is 10.2. The van der Waals surface area contributed by atoms with Gasteiger partial charge < -0.3 is 15.4 Å². The zero-order valence-electron chi connectivity index (χ0n) is 16.4. The molecule has 0 radical (unpaired) electrons. The number of hydrogen-bond donors (Lipinski definition) is 2. The molecule has 0 saturated heterocycles. The number of nitro benzene ring substituents is 1. The molecule has 1 aromatic heterocycles. The van der Waals surface area contributed by atoms with Gasteiger partial charge in [0.1, 0.15) is 5.82 Å². The smallest absolute Gasteiger partial charge is 0.270 e. The fourth-order valence-electron chi connectivity index (χ4n) is 2.76. The zero-order chi connectivity index (χ0) is 22.4. The van der Waals surface area contributed by atoms with E-state index in [4.69, 9.17) is 17.0 Å². The Morgan fingerprint density at radius 1 is 1.32 bits per heavy atom. The first kappa shape index (κ1) is 22.5. The third-order valence-corrected chi connectivity index (χ3v) is 5.19. The Hall–Kier alpha value is -3.18. The molecule has 1 heterocycles. The predicted octanol–water partition coefficient (Wildman–Crippen LogP) is 4.92. The van der Waals surface area contributed by atoms with Crippen molar-refractivity contribution in [3.63, 3.8) is 0 Å². The van der Waals surface area contributed by atoms with E-state index in [0.29, 0.717) is 16.4 Å². The molecule has 3 aromatic rings. The topological polar surface area (TPSA) is 89.3 Å². The normalized spacial score (nSPS) is 10.5. The molecule has 2 aromatic carbocycles. The van der Waals surface area contributed by atoms with Crippen molar-refractivity contribution < 1.29 is 18.4 Å². The van der Waals surface area contributed by atoms with Gasteiger partial charge in [-0.05, 0) is 37.7 Å².